The summed E-state index contributed by atoms with van der Waals surface area (Å²) in [6.45, 7) is 6.60. The maximum atomic E-state index is 11.1. The molecule has 77 heavy (non-hydrogen) atoms. The number of piperazine rings is 2. The van der Waals surface area contributed by atoms with Gasteiger partial charge in [0.25, 0.3) is 0 Å². The molecule has 0 spiro atoms. The van der Waals surface area contributed by atoms with E-state index in [0.29, 0.717) is 135 Å². The smallest absolute Gasteiger partial charge is 0.407 e. The summed E-state index contributed by atoms with van der Waals surface area (Å²) in [5.74, 6) is -0.775. The van der Waals surface area contributed by atoms with Gasteiger partial charge in [0, 0.05) is 110 Å². The lowest BCUT2D eigenvalue weighted by Gasteiger charge is -2.34. The third-order valence-corrected chi connectivity index (χ3v) is 13.8. The average Bonchev–Trinajstić information content (AvgIpc) is 4.25. The number of carbonyl (C=O) groups is 2. The van der Waals surface area contributed by atoms with E-state index >= 15 is 0 Å². The first-order valence-corrected chi connectivity index (χ1v) is 24.7. The highest BCUT2D eigenvalue weighted by atomic mass is 35.5. The molecular formula is C50H58Cl8N8O11. The lowest BCUT2D eigenvalue weighted by molar-refractivity contribution is -0.189. The van der Waals surface area contributed by atoms with E-state index in [0.717, 1.165) is 11.4 Å². The molecule has 19 nitrogen and oxygen atoms in total. The highest BCUT2D eigenvalue weighted by Crippen LogP contribution is 2.42. The van der Waals surface area contributed by atoms with Crippen LogP contribution in [0.5, 0.6) is 11.5 Å². The molecule has 4 fully saturated rings. The van der Waals surface area contributed by atoms with Gasteiger partial charge < -0.3 is 72.8 Å². The van der Waals surface area contributed by atoms with Gasteiger partial charge >= 0.3 is 12.2 Å². The molecule has 6 aromatic rings. The molecule has 4 unspecified atom stereocenters. The van der Waals surface area contributed by atoms with Crippen molar-refractivity contribution in [3.63, 3.8) is 0 Å². The number of nitrogens with zero attached hydrogens (tertiary/aromatic N) is 8. The van der Waals surface area contributed by atoms with Gasteiger partial charge in [0.15, 0.2) is 0 Å². The van der Waals surface area contributed by atoms with Crippen LogP contribution >= 0.6 is 96.0 Å². The van der Waals surface area contributed by atoms with Crippen LogP contribution in [0.1, 0.15) is 11.1 Å². The normalized spacial score (nSPS) is 20.7. The number of imidazole rings is 2. The summed E-state index contributed by atoms with van der Waals surface area (Å²) in [5.41, 5.74) is 3.45. The Labute approximate surface area is 489 Å². The molecule has 4 aromatic carbocycles. The average molecular weight is 1230 g/mol. The number of carboxylic acid groups (broad SMARTS) is 2. The van der Waals surface area contributed by atoms with Gasteiger partial charge in [-0.25, -0.2) is 19.6 Å². The number of anilines is 2. The van der Waals surface area contributed by atoms with Gasteiger partial charge in [0.2, 0.25) is 11.6 Å². The van der Waals surface area contributed by atoms with Crippen molar-refractivity contribution in [2.45, 2.75) is 36.9 Å². The van der Waals surface area contributed by atoms with E-state index < -0.39 is 23.8 Å². The zero-order valence-corrected chi connectivity index (χ0v) is 47.3. The van der Waals surface area contributed by atoms with E-state index in [1.807, 2.05) is 82.2 Å². The summed E-state index contributed by atoms with van der Waals surface area (Å²) in [6.07, 6.45) is 8.10. The Morgan fingerprint density at radius 2 is 0.922 bits per heavy atom. The van der Waals surface area contributed by atoms with E-state index in [1.54, 1.807) is 49.3 Å². The van der Waals surface area contributed by atoms with Crippen molar-refractivity contribution in [1.29, 1.82) is 0 Å². The summed E-state index contributed by atoms with van der Waals surface area (Å²) in [5, 5.41) is 20.2. The Morgan fingerprint density at radius 1 is 0.558 bits per heavy atom. The van der Waals surface area contributed by atoms with Gasteiger partial charge in [-0.1, -0.05) is 58.5 Å². The molecule has 0 saturated carbocycles. The summed E-state index contributed by atoms with van der Waals surface area (Å²) in [7, 11) is 0. The van der Waals surface area contributed by atoms with Crippen molar-refractivity contribution in [2.24, 2.45) is 0 Å². The van der Waals surface area contributed by atoms with Crippen LogP contribution in [0.4, 0.5) is 21.0 Å². The maximum absolute atomic E-state index is 11.1. The van der Waals surface area contributed by atoms with Crippen molar-refractivity contribution in [3.8, 4) is 11.5 Å². The quantitative estimate of drug-likeness (QED) is 0.104. The third kappa shape index (κ3) is 16.2. The van der Waals surface area contributed by atoms with Gasteiger partial charge in [-0.05, 0) is 72.8 Å². The maximum Gasteiger partial charge on any atom is 0.407 e. The molecular weight excluding hydrogens is 1170 g/mol. The molecule has 4 atom stereocenters. The van der Waals surface area contributed by atoms with Gasteiger partial charge in [0.05, 0.1) is 49.0 Å². The van der Waals surface area contributed by atoms with Crippen LogP contribution in [0.2, 0.25) is 20.1 Å². The molecule has 0 radical (unpaired) electrons. The molecule has 27 heteroatoms. The Bertz CT molecular complexity index is 2580. The van der Waals surface area contributed by atoms with E-state index in [4.69, 9.17) is 85.0 Å². The van der Waals surface area contributed by atoms with Crippen LogP contribution in [0.3, 0.4) is 0 Å². The van der Waals surface area contributed by atoms with Crippen LogP contribution in [0, 0.1) is 0 Å². The molecule has 0 aliphatic carbocycles. The number of rotatable bonds is 14. The highest BCUT2D eigenvalue weighted by Gasteiger charge is 2.47. The standard InChI is InChI=1S/2C25H26Cl2N4O5.4ClH.H2O/c2*26-18-1-6-22(23(27)13-18)25(16-29-8-7-28-17-29)35-15-21(36-25)14-34-20-4-2-19(3-5-20)30-9-11-31(12-10-30)24(32)33;;;;;/h2*1-8,13,17,21H,9-12,14-16H2,(H,32,33);4*1H;1H2. The molecule has 4 saturated heterocycles. The topological polar surface area (TPSA) is 210 Å². The number of aromatic nitrogens is 4. The van der Waals surface area contributed by atoms with Crippen LogP contribution in [0.15, 0.2) is 122 Å². The SMILES string of the molecule is Cl.Cl.Cl.Cl.O.O=C(O)N1CCN(c2ccc(OCC3COC(Cn4ccnc4)(c4ccc(Cl)cc4Cl)O3)cc2)CC1.O=C(O)N1CCN(c2ccc(OCC3COC(Cn4ccnc4)(c4ccc(Cl)cc4Cl)O3)cc2)CC1. The first kappa shape index (κ1) is 64.7. The Balaban J connectivity index is 0.000000312. The Morgan fingerprint density at radius 3 is 1.23 bits per heavy atom. The van der Waals surface area contributed by atoms with Crippen molar-refractivity contribution in [3.05, 3.63) is 154 Å². The van der Waals surface area contributed by atoms with E-state index in [-0.39, 0.29) is 67.3 Å². The zero-order chi connectivity index (χ0) is 50.2. The lowest BCUT2D eigenvalue weighted by atomic mass is 10.1. The molecule has 4 N–H and O–H groups in total. The summed E-state index contributed by atoms with van der Waals surface area (Å²) in [6, 6.07) is 26.1. The summed E-state index contributed by atoms with van der Waals surface area (Å²) >= 11 is 25.3. The fourth-order valence-electron chi connectivity index (χ4n) is 8.95. The fraction of sp³-hybridized carbons (Fsp3) is 0.360. The first-order valence-electron chi connectivity index (χ1n) is 23.2. The predicted molar refractivity (Wildman–Crippen MR) is 302 cm³/mol. The van der Waals surface area contributed by atoms with Crippen LogP contribution in [-0.4, -0.2) is 148 Å². The minimum atomic E-state index is -1.10. The second kappa shape index (κ2) is 29.4. The van der Waals surface area contributed by atoms with Crippen LogP contribution in [0.25, 0.3) is 0 Å². The molecule has 2 amide bonds. The van der Waals surface area contributed by atoms with Crippen molar-refractivity contribution < 1.29 is 53.7 Å². The third-order valence-electron chi connectivity index (χ3n) is 12.7. The summed E-state index contributed by atoms with van der Waals surface area (Å²) < 4.78 is 41.0. The van der Waals surface area contributed by atoms with Crippen molar-refractivity contribution in [2.75, 3.05) is 88.6 Å². The number of amides is 2. The van der Waals surface area contributed by atoms with E-state index in [9.17, 15) is 9.59 Å². The highest BCUT2D eigenvalue weighted by molar-refractivity contribution is 6.35. The number of hydrogen-bond donors (Lipinski definition) is 2. The van der Waals surface area contributed by atoms with Gasteiger partial charge in [0.1, 0.15) is 36.9 Å². The van der Waals surface area contributed by atoms with Gasteiger partial charge in [-0.2, -0.15) is 0 Å². The fourth-order valence-corrected chi connectivity index (χ4v) is 10.1. The van der Waals surface area contributed by atoms with E-state index in [2.05, 4.69) is 19.8 Å². The second-order valence-electron chi connectivity index (χ2n) is 17.4. The van der Waals surface area contributed by atoms with Crippen molar-refractivity contribution in [1.82, 2.24) is 28.9 Å². The second-order valence-corrected chi connectivity index (χ2v) is 19.1. The largest absolute Gasteiger partial charge is 0.491 e. The van der Waals surface area contributed by atoms with Crippen LogP contribution in [-0.2, 0) is 43.6 Å². The number of hydrogen-bond acceptors (Lipinski definition) is 12. The number of halogens is 8. The van der Waals surface area contributed by atoms with Gasteiger partial charge in [-0.15, -0.1) is 49.6 Å². The van der Waals surface area contributed by atoms with Crippen molar-refractivity contribution >= 4 is 120 Å². The minimum absolute atomic E-state index is 0. The summed E-state index contributed by atoms with van der Waals surface area (Å²) in [4.78, 5) is 37.6. The zero-order valence-electron chi connectivity index (χ0n) is 41.0. The first-order chi connectivity index (χ1) is 34.8. The van der Waals surface area contributed by atoms with E-state index in [1.165, 1.54) is 9.80 Å². The lowest BCUT2D eigenvalue weighted by Crippen LogP contribution is -2.48. The number of benzene rings is 4. The monoisotopic (exact) mass is 1230 g/mol. The molecule has 10 rings (SSSR count). The molecule has 2 aromatic heterocycles. The Kier molecular flexibility index (Phi) is 24.7. The molecule has 4 aliphatic rings. The molecule has 0 bridgehead atoms. The molecule has 4 aliphatic heterocycles. The van der Waals surface area contributed by atoms with Crippen LogP contribution < -0.4 is 19.3 Å². The van der Waals surface area contributed by atoms with Gasteiger partial charge in [-0.3, -0.25) is 0 Å². The minimum Gasteiger partial charge on any atom is -0.491 e. The number of ether oxygens (including phenoxy) is 6. The Hall–Kier alpha value is -4.84. The molecule has 420 valence electrons. The molecule has 6 heterocycles. The predicted octanol–water partition coefficient (Wildman–Crippen LogP) is 9.54.